The van der Waals surface area contributed by atoms with E-state index in [9.17, 15) is 24.6 Å². The van der Waals surface area contributed by atoms with Crippen molar-refractivity contribution >= 4 is 11.9 Å². The fraction of sp³-hybridized carbons (Fsp3) is 0.452. The second-order valence-corrected chi connectivity index (χ2v) is 11.2. The molecule has 0 aliphatic heterocycles. The molecule has 1 unspecified atom stereocenters. The fourth-order valence-electron chi connectivity index (χ4n) is 5.71. The van der Waals surface area contributed by atoms with Crippen LogP contribution < -0.4 is 15.7 Å². The van der Waals surface area contributed by atoms with Crippen molar-refractivity contribution in [3.63, 3.8) is 0 Å². The number of aromatic hydroxyl groups is 1. The number of amides is 1. The van der Waals surface area contributed by atoms with Gasteiger partial charge in [-0.15, -0.1) is 0 Å². The number of benzene rings is 2. The topological polar surface area (TPSA) is 123 Å². The van der Waals surface area contributed by atoms with E-state index in [-0.39, 0.29) is 29.8 Å². The third-order valence-corrected chi connectivity index (χ3v) is 7.98. The van der Waals surface area contributed by atoms with Gasteiger partial charge in [0.05, 0.1) is 23.9 Å². The third kappa shape index (κ3) is 5.78. The number of ether oxygens (including phenoxy) is 1. The Morgan fingerprint density at radius 1 is 1.00 bits per heavy atom. The molecule has 0 spiro atoms. The molecule has 9 nitrogen and oxygen atoms in total. The molecular formula is C31H39N3O6. The number of nitrogens with zero attached hydrogens (tertiary/aromatic N) is 2. The van der Waals surface area contributed by atoms with Gasteiger partial charge in [-0.3, -0.25) is 9.36 Å². The molecule has 0 bridgehead atoms. The summed E-state index contributed by atoms with van der Waals surface area (Å²) in [5.41, 5.74) is 1.45. The van der Waals surface area contributed by atoms with Crippen LogP contribution in [0.15, 0.2) is 53.3 Å². The minimum absolute atomic E-state index is 0.0777. The number of rotatable bonds is 10. The van der Waals surface area contributed by atoms with Crippen LogP contribution in [0.1, 0.15) is 62.8 Å². The van der Waals surface area contributed by atoms with Gasteiger partial charge in [0.15, 0.2) is 0 Å². The lowest BCUT2D eigenvalue weighted by Gasteiger charge is -2.37. The van der Waals surface area contributed by atoms with E-state index in [0.717, 1.165) is 24.8 Å². The summed E-state index contributed by atoms with van der Waals surface area (Å²) in [5.74, 6) is -0.534. The first-order valence-electron chi connectivity index (χ1n) is 13.8. The molecule has 1 aromatic heterocycles. The number of nitrogens with one attached hydrogen (secondary N) is 1. The Balaban J connectivity index is 1.55. The van der Waals surface area contributed by atoms with E-state index in [0.29, 0.717) is 42.0 Å². The molecule has 1 aliphatic rings. The lowest BCUT2D eigenvalue weighted by molar-refractivity contribution is -0.143. The van der Waals surface area contributed by atoms with Crippen LogP contribution in [-0.4, -0.2) is 44.4 Å². The Morgan fingerprint density at radius 2 is 1.62 bits per heavy atom. The van der Waals surface area contributed by atoms with Gasteiger partial charge in [-0.1, -0.05) is 57.4 Å². The number of aliphatic carboxylic acids is 1. The molecule has 40 heavy (non-hydrogen) atoms. The maximum atomic E-state index is 13.7. The first-order chi connectivity index (χ1) is 19.1. The summed E-state index contributed by atoms with van der Waals surface area (Å²) in [6, 6.07) is 13.1. The molecule has 1 aliphatic carbocycles. The molecule has 1 fully saturated rings. The molecule has 1 saturated carbocycles. The Kier molecular flexibility index (Phi) is 8.71. The van der Waals surface area contributed by atoms with Gasteiger partial charge in [-0.2, -0.15) is 0 Å². The van der Waals surface area contributed by atoms with Gasteiger partial charge < -0.3 is 20.3 Å². The lowest BCUT2D eigenvalue weighted by atomic mass is 9.68. The number of hydrogen-bond donors (Lipinski definition) is 3. The SMILES string of the molecule is COc1ccc(C2(C(=O)NC(Cc3ccc(-n4c(O)c(CC(C)C)n(C)c4=O)cc3)C(=O)O)CCCCC2)cc1. The van der Waals surface area contributed by atoms with Crippen molar-refractivity contribution < 1.29 is 24.5 Å². The quantitative estimate of drug-likeness (QED) is 0.350. The number of carboxylic acids is 1. The molecule has 4 rings (SSSR count). The summed E-state index contributed by atoms with van der Waals surface area (Å²) >= 11 is 0. The second kappa shape index (κ2) is 12.0. The molecule has 2 aromatic carbocycles. The summed E-state index contributed by atoms with van der Waals surface area (Å²) in [4.78, 5) is 38.8. The molecule has 214 valence electrons. The minimum atomic E-state index is -1.12. The summed E-state index contributed by atoms with van der Waals surface area (Å²) in [5, 5.41) is 23.6. The van der Waals surface area contributed by atoms with Gasteiger partial charge in [0.1, 0.15) is 11.8 Å². The highest BCUT2D eigenvalue weighted by Crippen LogP contribution is 2.40. The summed E-state index contributed by atoms with van der Waals surface area (Å²) in [6.07, 6.45) is 4.76. The van der Waals surface area contributed by atoms with Crippen LogP contribution in [0.2, 0.25) is 0 Å². The van der Waals surface area contributed by atoms with Crippen LogP contribution in [0.5, 0.6) is 11.6 Å². The van der Waals surface area contributed by atoms with Crippen molar-refractivity contribution in [1.29, 1.82) is 0 Å². The fourth-order valence-corrected chi connectivity index (χ4v) is 5.71. The molecule has 1 amide bonds. The van der Waals surface area contributed by atoms with Gasteiger partial charge >= 0.3 is 11.7 Å². The zero-order valence-electron chi connectivity index (χ0n) is 23.6. The summed E-state index contributed by atoms with van der Waals surface area (Å²) in [6.45, 7) is 4.03. The number of carbonyl (C=O) groups is 2. The van der Waals surface area contributed by atoms with Gasteiger partial charge in [-0.25, -0.2) is 14.2 Å². The predicted octanol–water partition coefficient (Wildman–Crippen LogP) is 4.10. The van der Waals surface area contributed by atoms with Crippen LogP contribution in [0.4, 0.5) is 0 Å². The van der Waals surface area contributed by atoms with Crippen LogP contribution in [0, 0.1) is 5.92 Å². The number of methoxy groups -OCH3 is 1. The van der Waals surface area contributed by atoms with Crippen LogP contribution >= 0.6 is 0 Å². The smallest absolute Gasteiger partial charge is 0.335 e. The second-order valence-electron chi connectivity index (χ2n) is 11.2. The number of imidazole rings is 1. The molecule has 1 atom stereocenters. The lowest BCUT2D eigenvalue weighted by Crippen LogP contribution is -2.52. The van der Waals surface area contributed by atoms with E-state index in [1.165, 1.54) is 9.13 Å². The molecule has 1 heterocycles. The molecule has 3 N–H and O–H groups in total. The van der Waals surface area contributed by atoms with E-state index in [1.54, 1.807) is 38.4 Å². The standard InChI is InChI=1S/C31H39N3O6/c1-20(2)18-26-27(35)34(30(39)33(26)3)23-12-8-21(9-13-23)19-25(28(36)37)32-29(38)31(16-6-5-7-17-31)22-10-14-24(40-4)15-11-22/h8-15,20,25,35H,5-7,16-19H2,1-4H3,(H,32,38)(H,36,37). The average molecular weight is 550 g/mol. The van der Waals surface area contributed by atoms with Crippen molar-refractivity contribution in [3.8, 4) is 17.3 Å². The number of carboxylic acid groups (broad SMARTS) is 1. The first kappa shape index (κ1) is 29.0. The highest BCUT2D eigenvalue weighted by atomic mass is 16.5. The summed E-state index contributed by atoms with van der Waals surface area (Å²) in [7, 11) is 3.23. The average Bonchev–Trinajstić information content (AvgIpc) is 3.15. The Labute approximate surface area is 234 Å². The zero-order valence-corrected chi connectivity index (χ0v) is 23.6. The van der Waals surface area contributed by atoms with Gasteiger partial charge in [0.25, 0.3) is 0 Å². The van der Waals surface area contributed by atoms with E-state index in [4.69, 9.17) is 4.74 Å². The molecule has 9 heteroatoms. The van der Waals surface area contributed by atoms with Crippen LogP contribution in [0.3, 0.4) is 0 Å². The highest BCUT2D eigenvalue weighted by molar-refractivity contribution is 5.91. The zero-order chi connectivity index (χ0) is 29.0. The van der Waals surface area contributed by atoms with Crippen molar-refractivity contribution in [3.05, 3.63) is 75.8 Å². The van der Waals surface area contributed by atoms with E-state index in [2.05, 4.69) is 5.32 Å². The number of carbonyl (C=O) groups excluding carboxylic acids is 1. The molecule has 0 saturated heterocycles. The number of aromatic nitrogens is 2. The van der Waals surface area contributed by atoms with Gasteiger partial charge in [-0.05, 0) is 60.6 Å². The highest BCUT2D eigenvalue weighted by Gasteiger charge is 2.42. The monoisotopic (exact) mass is 549 g/mol. The predicted molar refractivity (Wildman–Crippen MR) is 152 cm³/mol. The number of hydrogen-bond acceptors (Lipinski definition) is 5. The van der Waals surface area contributed by atoms with Crippen LogP contribution in [-0.2, 0) is 34.9 Å². The maximum Gasteiger partial charge on any atom is 0.335 e. The molecular weight excluding hydrogens is 510 g/mol. The van der Waals surface area contributed by atoms with Gasteiger partial charge in [0, 0.05) is 13.5 Å². The Hall–Kier alpha value is -4.01. The summed E-state index contributed by atoms with van der Waals surface area (Å²) < 4.78 is 7.97. The van der Waals surface area contributed by atoms with Crippen molar-refractivity contribution in [2.24, 2.45) is 13.0 Å². The molecule has 0 radical (unpaired) electrons. The molecule has 3 aromatic rings. The van der Waals surface area contributed by atoms with E-state index in [1.807, 2.05) is 38.1 Å². The Bertz CT molecular complexity index is 1400. The third-order valence-electron chi connectivity index (χ3n) is 7.98. The minimum Gasteiger partial charge on any atom is -0.497 e. The maximum absolute atomic E-state index is 13.7. The van der Waals surface area contributed by atoms with E-state index >= 15 is 0 Å². The Morgan fingerprint density at radius 3 is 2.17 bits per heavy atom. The van der Waals surface area contributed by atoms with Crippen LogP contribution in [0.25, 0.3) is 5.69 Å². The van der Waals surface area contributed by atoms with Crippen molar-refractivity contribution in [2.45, 2.75) is 70.3 Å². The van der Waals surface area contributed by atoms with E-state index < -0.39 is 17.4 Å². The van der Waals surface area contributed by atoms with Crippen molar-refractivity contribution in [1.82, 2.24) is 14.5 Å². The van der Waals surface area contributed by atoms with Gasteiger partial charge in [0.2, 0.25) is 11.8 Å². The largest absolute Gasteiger partial charge is 0.497 e. The van der Waals surface area contributed by atoms with Crippen molar-refractivity contribution in [2.75, 3.05) is 7.11 Å². The normalized spacial score (nSPS) is 15.5. The first-order valence-corrected chi connectivity index (χ1v) is 13.8.